The minimum absolute atomic E-state index is 0. The molecule has 138 valence electrons. The molecule has 25 heavy (non-hydrogen) atoms. The van der Waals surface area contributed by atoms with E-state index in [0.717, 1.165) is 32.0 Å². The summed E-state index contributed by atoms with van der Waals surface area (Å²) in [6.07, 6.45) is 1.10. The molecular weight excluding hydrogens is 443 g/mol. The van der Waals surface area contributed by atoms with Crippen LogP contribution in [0, 0.1) is 0 Å². The zero-order valence-electron chi connectivity index (χ0n) is 15.5. The average molecular weight is 472 g/mol. The predicted molar refractivity (Wildman–Crippen MR) is 120 cm³/mol. The molecule has 0 aliphatic heterocycles. The fourth-order valence-electron chi connectivity index (χ4n) is 2.50. The fraction of sp³-hybridized carbons (Fsp3) is 0.421. The molecule has 0 amide bonds. The van der Waals surface area contributed by atoms with Crippen LogP contribution in [0.3, 0.4) is 0 Å². The molecule has 0 bridgehead atoms. The van der Waals surface area contributed by atoms with Crippen LogP contribution in [0.2, 0.25) is 0 Å². The lowest BCUT2D eigenvalue weighted by Crippen LogP contribution is -2.36. The summed E-state index contributed by atoms with van der Waals surface area (Å²) >= 11 is 1.86. The number of benzene rings is 1. The van der Waals surface area contributed by atoms with Crippen LogP contribution in [0.5, 0.6) is 0 Å². The SMILES string of the molecule is CCc1ccc(CNC(=NC)NCc2ccccc2CN(C)C)s1.I. The second-order valence-electron chi connectivity index (χ2n) is 6.01. The van der Waals surface area contributed by atoms with Gasteiger partial charge >= 0.3 is 0 Å². The van der Waals surface area contributed by atoms with E-state index in [4.69, 9.17) is 0 Å². The van der Waals surface area contributed by atoms with Crippen molar-refractivity contribution in [3.63, 3.8) is 0 Å². The molecule has 0 atom stereocenters. The van der Waals surface area contributed by atoms with Gasteiger partial charge in [-0.1, -0.05) is 31.2 Å². The van der Waals surface area contributed by atoms with Crippen LogP contribution in [0.4, 0.5) is 0 Å². The van der Waals surface area contributed by atoms with Crippen LogP contribution >= 0.6 is 35.3 Å². The molecule has 0 aliphatic carbocycles. The van der Waals surface area contributed by atoms with Gasteiger partial charge in [0.1, 0.15) is 0 Å². The lowest BCUT2D eigenvalue weighted by Gasteiger charge is -2.16. The molecule has 2 rings (SSSR count). The molecule has 0 saturated carbocycles. The first-order chi connectivity index (χ1) is 11.6. The third-order valence-electron chi connectivity index (χ3n) is 3.77. The number of aliphatic imine (C=N–C) groups is 1. The minimum atomic E-state index is 0. The molecule has 0 radical (unpaired) electrons. The standard InChI is InChI=1S/C19H28N4S.HI/c1-5-17-10-11-18(24-17)13-22-19(20-2)21-12-15-8-6-7-9-16(15)14-23(3)4;/h6-11H,5,12-14H2,1-4H3,(H2,20,21,22);1H. The van der Waals surface area contributed by atoms with E-state index in [9.17, 15) is 0 Å². The highest BCUT2D eigenvalue weighted by Gasteiger charge is 2.05. The summed E-state index contributed by atoms with van der Waals surface area (Å²) in [5.41, 5.74) is 2.65. The van der Waals surface area contributed by atoms with Gasteiger partial charge in [-0.25, -0.2) is 0 Å². The number of rotatable bonds is 7. The highest BCUT2D eigenvalue weighted by atomic mass is 127. The molecule has 1 aromatic heterocycles. The van der Waals surface area contributed by atoms with Gasteiger partial charge in [-0.15, -0.1) is 35.3 Å². The smallest absolute Gasteiger partial charge is 0.191 e. The Hall–Kier alpha value is -1.12. The Labute approximate surface area is 172 Å². The minimum Gasteiger partial charge on any atom is -0.352 e. The van der Waals surface area contributed by atoms with Crippen molar-refractivity contribution in [1.29, 1.82) is 0 Å². The molecule has 6 heteroatoms. The monoisotopic (exact) mass is 472 g/mol. The Bertz CT molecular complexity index is 667. The van der Waals surface area contributed by atoms with Crippen molar-refractivity contribution >= 4 is 41.3 Å². The summed E-state index contributed by atoms with van der Waals surface area (Å²) in [4.78, 5) is 9.27. The Morgan fingerprint density at radius 1 is 1.00 bits per heavy atom. The van der Waals surface area contributed by atoms with Gasteiger partial charge in [0.15, 0.2) is 5.96 Å². The van der Waals surface area contributed by atoms with Gasteiger partial charge in [0.25, 0.3) is 0 Å². The lowest BCUT2D eigenvalue weighted by atomic mass is 10.1. The van der Waals surface area contributed by atoms with Crippen molar-refractivity contribution < 1.29 is 0 Å². The van der Waals surface area contributed by atoms with Crippen LogP contribution in [-0.4, -0.2) is 32.0 Å². The van der Waals surface area contributed by atoms with Crippen molar-refractivity contribution in [2.75, 3.05) is 21.1 Å². The maximum atomic E-state index is 4.32. The number of halogens is 1. The Morgan fingerprint density at radius 3 is 2.24 bits per heavy atom. The first-order valence-electron chi connectivity index (χ1n) is 8.36. The van der Waals surface area contributed by atoms with Gasteiger partial charge < -0.3 is 15.5 Å². The van der Waals surface area contributed by atoms with E-state index in [1.54, 1.807) is 0 Å². The van der Waals surface area contributed by atoms with E-state index in [2.05, 4.69) is 77.9 Å². The zero-order chi connectivity index (χ0) is 17.4. The van der Waals surface area contributed by atoms with E-state index in [1.165, 1.54) is 20.9 Å². The van der Waals surface area contributed by atoms with E-state index in [-0.39, 0.29) is 24.0 Å². The molecule has 0 aliphatic rings. The van der Waals surface area contributed by atoms with Crippen LogP contribution in [-0.2, 0) is 26.1 Å². The van der Waals surface area contributed by atoms with Crippen molar-refractivity contribution in [2.24, 2.45) is 4.99 Å². The first-order valence-corrected chi connectivity index (χ1v) is 9.17. The first kappa shape index (κ1) is 21.9. The summed E-state index contributed by atoms with van der Waals surface area (Å²) in [6, 6.07) is 12.9. The van der Waals surface area contributed by atoms with Gasteiger partial charge in [-0.05, 0) is 43.8 Å². The van der Waals surface area contributed by atoms with Crippen LogP contribution in [0.15, 0.2) is 41.4 Å². The van der Waals surface area contributed by atoms with Crippen molar-refractivity contribution in [1.82, 2.24) is 15.5 Å². The normalized spacial score (nSPS) is 11.3. The van der Waals surface area contributed by atoms with Crippen LogP contribution < -0.4 is 10.6 Å². The number of nitrogens with one attached hydrogen (secondary N) is 2. The van der Waals surface area contributed by atoms with Crippen LogP contribution in [0.1, 0.15) is 27.8 Å². The summed E-state index contributed by atoms with van der Waals surface area (Å²) in [7, 11) is 6.00. The third-order valence-corrected chi connectivity index (χ3v) is 5.00. The molecule has 2 aromatic rings. The van der Waals surface area contributed by atoms with Crippen molar-refractivity contribution in [3.05, 3.63) is 57.3 Å². The molecule has 2 N–H and O–H groups in total. The van der Waals surface area contributed by atoms with Crippen molar-refractivity contribution in [3.8, 4) is 0 Å². The average Bonchev–Trinajstić information content (AvgIpc) is 3.04. The quantitative estimate of drug-likeness (QED) is 0.365. The molecule has 0 saturated heterocycles. The maximum absolute atomic E-state index is 4.32. The number of thiophene rings is 1. The van der Waals surface area contributed by atoms with E-state index in [0.29, 0.717) is 0 Å². The lowest BCUT2D eigenvalue weighted by molar-refractivity contribution is 0.400. The van der Waals surface area contributed by atoms with Gasteiger partial charge in [-0.2, -0.15) is 0 Å². The topological polar surface area (TPSA) is 39.7 Å². The van der Waals surface area contributed by atoms with Gasteiger partial charge in [-0.3, -0.25) is 4.99 Å². The zero-order valence-corrected chi connectivity index (χ0v) is 18.7. The number of guanidine groups is 1. The second-order valence-corrected chi connectivity index (χ2v) is 7.26. The van der Waals surface area contributed by atoms with E-state index < -0.39 is 0 Å². The van der Waals surface area contributed by atoms with Crippen molar-refractivity contribution in [2.45, 2.75) is 33.0 Å². The second kappa shape index (κ2) is 11.5. The number of aryl methyl sites for hydroxylation is 1. The van der Waals surface area contributed by atoms with Crippen LogP contribution in [0.25, 0.3) is 0 Å². The third kappa shape index (κ3) is 7.33. The molecular formula is C19H29IN4S. The molecule has 0 fully saturated rings. The largest absolute Gasteiger partial charge is 0.352 e. The van der Waals surface area contributed by atoms with Gasteiger partial charge in [0.2, 0.25) is 0 Å². The summed E-state index contributed by atoms with van der Waals surface area (Å²) in [5, 5.41) is 6.81. The molecule has 1 aromatic carbocycles. The summed E-state index contributed by atoms with van der Waals surface area (Å²) < 4.78 is 0. The Balaban J connectivity index is 0.00000312. The Kier molecular flexibility index (Phi) is 10.1. The number of hydrogen-bond acceptors (Lipinski definition) is 3. The molecule has 4 nitrogen and oxygen atoms in total. The number of hydrogen-bond donors (Lipinski definition) is 2. The summed E-state index contributed by atoms with van der Waals surface area (Å²) in [6.45, 7) is 4.71. The van der Waals surface area contributed by atoms with Gasteiger partial charge in [0.05, 0.1) is 6.54 Å². The molecule has 0 unspecified atom stereocenters. The van der Waals surface area contributed by atoms with E-state index in [1.807, 2.05) is 18.4 Å². The maximum Gasteiger partial charge on any atom is 0.191 e. The predicted octanol–water partition coefficient (Wildman–Crippen LogP) is 3.86. The number of nitrogens with zero attached hydrogens (tertiary/aromatic N) is 2. The molecule has 1 heterocycles. The molecule has 0 spiro atoms. The van der Waals surface area contributed by atoms with E-state index >= 15 is 0 Å². The fourth-order valence-corrected chi connectivity index (χ4v) is 3.40. The Morgan fingerprint density at radius 2 is 1.64 bits per heavy atom. The summed E-state index contributed by atoms with van der Waals surface area (Å²) in [5.74, 6) is 0.834. The highest BCUT2D eigenvalue weighted by molar-refractivity contribution is 14.0. The highest BCUT2D eigenvalue weighted by Crippen LogP contribution is 2.16. The van der Waals surface area contributed by atoms with Gasteiger partial charge in [0, 0.05) is 29.9 Å².